The van der Waals surface area contributed by atoms with Gasteiger partial charge in [0.25, 0.3) is 5.91 Å². The molecule has 0 spiro atoms. The van der Waals surface area contributed by atoms with Gasteiger partial charge < -0.3 is 15.4 Å². The number of ether oxygens (including phenoxy) is 1. The number of aromatic nitrogens is 2. The van der Waals surface area contributed by atoms with Crippen molar-refractivity contribution in [3.05, 3.63) is 75.9 Å². The zero-order chi connectivity index (χ0) is 23.8. The number of hydrogen-bond donors (Lipinski definition) is 2. The Bertz CT molecular complexity index is 1140. The third-order valence-electron chi connectivity index (χ3n) is 5.60. The lowest BCUT2D eigenvalue weighted by atomic mass is 9.96. The average molecular weight is 479 g/mol. The largest absolute Gasteiger partial charge is 0.497 e. The van der Waals surface area contributed by atoms with Gasteiger partial charge in [-0.05, 0) is 30.2 Å². The van der Waals surface area contributed by atoms with Crippen molar-refractivity contribution in [1.82, 2.24) is 15.1 Å². The van der Waals surface area contributed by atoms with E-state index in [1.54, 1.807) is 43.5 Å². The van der Waals surface area contributed by atoms with Crippen LogP contribution >= 0.6 is 11.6 Å². The van der Waals surface area contributed by atoms with Gasteiger partial charge in [-0.2, -0.15) is 18.3 Å². The number of carbonyl (C=O) groups excluding carboxylic acids is 1. The van der Waals surface area contributed by atoms with Crippen LogP contribution in [0.15, 0.2) is 48.5 Å². The summed E-state index contributed by atoms with van der Waals surface area (Å²) in [6.07, 6.45) is -4.84. The molecule has 0 fully saturated rings. The number of methoxy groups -OCH3 is 1. The molecule has 1 aromatic heterocycles. The molecule has 4 rings (SSSR count). The van der Waals surface area contributed by atoms with Gasteiger partial charge in [-0.25, -0.2) is 4.68 Å². The van der Waals surface area contributed by atoms with E-state index in [4.69, 9.17) is 16.3 Å². The standard InChI is InChI=1S/C23H22ClF3N4O2/c1-13-3-7-15(8-4-13)17-11-18(23(25,26)27)31-21(29-17)19(24)20(30-31)22(32)28-12-14-5-9-16(33-2)10-6-14/h3-10,17-18,29H,11-12H2,1-2H3,(H,28,32)/t17-,18+/m1/s1. The van der Waals surface area contributed by atoms with Gasteiger partial charge >= 0.3 is 6.18 Å². The van der Waals surface area contributed by atoms with E-state index >= 15 is 0 Å². The number of rotatable bonds is 5. The van der Waals surface area contributed by atoms with Crippen molar-refractivity contribution in [2.75, 3.05) is 12.4 Å². The van der Waals surface area contributed by atoms with E-state index in [-0.39, 0.29) is 29.5 Å². The van der Waals surface area contributed by atoms with Crippen molar-refractivity contribution in [3.63, 3.8) is 0 Å². The van der Waals surface area contributed by atoms with Crippen LogP contribution in [0.5, 0.6) is 5.75 Å². The van der Waals surface area contributed by atoms with Crippen molar-refractivity contribution in [3.8, 4) is 5.75 Å². The zero-order valence-corrected chi connectivity index (χ0v) is 18.7. The highest BCUT2D eigenvalue weighted by atomic mass is 35.5. The normalized spacial score (nSPS) is 17.8. The van der Waals surface area contributed by atoms with Gasteiger partial charge in [0.2, 0.25) is 0 Å². The summed E-state index contributed by atoms with van der Waals surface area (Å²) in [6.45, 7) is 2.06. The van der Waals surface area contributed by atoms with Crippen LogP contribution in [0.25, 0.3) is 0 Å². The Hall–Kier alpha value is -3.20. The molecule has 1 aliphatic heterocycles. The van der Waals surface area contributed by atoms with Crippen LogP contribution < -0.4 is 15.4 Å². The molecule has 2 atom stereocenters. The maximum Gasteiger partial charge on any atom is 0.410 e. The average Bonchev–Trinajstić information content (AvgIpc) is 3.13. The van der Waals surface area contributed by atoms with Crippen molar-refractivity contribution in [1.29, 1.82) is 0 Å². The van der Waals surface area contributed by atoms with Crippen LogP contribution in [0.2, 0.25) is 5.02 Å². The van der Waals surface area contributed by atoms with E-state index in [1.165, 1.54) is 0 Å². The summed E-state index contributed by atoms with van der Waals surface area (Å²) < 4.78 is 47.6. The molecule has 0 aliphatic carbocycles. The highest BCUT2D eigenvalue weighted by Crippen LogP contribution is 2.46. The fourth-order valence-corrected chi connectivity index (χ4v) is 4.03. The maximum absolute atomic E-state index is 13.9. The minimum atomic E-state index is -4.56. The molecule has 2 aromatic carbocycles. The summed E-state index contributed by atoms with van der Waals surface area (Å²) in [7, 11) is 1.55. The molecule has 3 aromatic rings. The number of benzene rings is 2. The van der Waals surface area contributed by atoms with Gasteiger partial charge in [-0.3, -0.25) is 4.79 Å². The fourth-order valence-electron chi connectivity index (χ4n) is 3.76. The van der Waals surface area contributed by atoms with Crippen LogP contribution in [0.4, 0.5) is 19.0 Å². The third-order valence-corrected chi connectivity index (χ3v) is 5.96. The Morgan fingerprint density at radius 1 is 1.21 bits per heavy atom. The second kappa shape index (κ2) is 8.97. The zero-order valence-electron chi connectivity index (χ0n) is 17.9. The summed E-state index contributed by atoms with van der Waals surface area (Å²) in [5.74, 6) is -0.0139. The SMILES string of the molecule is COc1ccc(CNC(=O)c2nn3c(c2Cl)N[C@@H](c2ccc(C)cc2)C[C@H]3C(F)(F)F)cc1. The Kier molecular flexibility index (Phi) is 6.25. The summed E-state index contributed by atoms with van der Waals surface area (Å²) >= 11 is 6.36. The molecule has 174 valence electrons. The number of halogens is 4. The molecule has 6 nitrogen and oxygen atoms in total. The summed E-state index contributed by atoms with van der Waals surface area (Å²) in [6, 6.07) is 11.7. The molecule has 2 N–H and O–H groups in total. The monoisotopic (exact) mass is 478 g/mol. The lowest BCUT2D eigenvalue weighted by Gasteiger charge is -2.33. The van der Waals surface area contributed by atoms with Gasteiger partial charge in [0.1, 0.15) is 16.6 Å². The van der Waals surface area contributed by atoms with E-state index in [0.717, 1.165) is 15.8 Å². The molecule has 1 amide bonds. The van der Waals surface area contributed by atoms with Crippen molar-refractivity contribution in [2.45, 2.75) is 38.1 Å². The molecule has 10 heteroatoms. The molecule has 0 saturated heterocycles. The fraction of sp³-hybridized carbons (Fsp3) is 0.304. The van der Waals surface area contributed by atoms with Crippen molar-refractivity contribution in [2.24, 2.45) is 0 Å². The number of fused-ring (bicyclic) bond motifs is 1. The van der Waals surface area contributed by atoms with Crippen LogP contribution in [0, 0.1) is 6.92 Å². The molecule has 1 aliphatic rings. The summed E-state index contributed by atoms with van der Waals surface area (Å²) in [5, 5.41) is 9.50. The summed E-state index contributed by atoms with van der Waals surface area (Å²) in [5.41, 5.74) is 2.23. The second-order valence-electron chi connectivity index (χ2n) is 7.89. The maximum atomic E-state index is 13.9. The number of alkyl halides is 3. The van der Waals surface area contributed by atoms with E-state index in [2.05, 4.69) is 15.7 Å². The van der Waals surface area contributed by atoms with Gasteiger partial charge in [-0.15, -0.1) is 0 Å². The van der Waals surface area contributed by atoms with Crippen LogP contribution in [0.1, 0.15) is 45.7 Å². The van der Waals surface area contributed by atoms with Gasteiger partial charge in [-0.1, -0.05) is 53.6 Å². The first-order valence-electron chi connectivity index (χ1n) is 10.3. The Balaban J connectivity index is 1.59. The minimum Gasteiger partial charge on any atom is -0.497 e. The van der Waals surface area contributed by atoms with E-state index in [1.807, 2.05) is 19.1 Å². The molecule has 2 heterocycles. The quantitative estimate of drug-likeness (QED) is 0.512. The van der Waals surface area contributed by atoms with Crippen LogP contribution in [-0.4, -0.2) is 29.0 Å². The topological polar surface area (TPSA) is 68.2 Å². The highest BCUT2D eigenvalue weighted by molar-refractivity contribution is 6.36. The van der Waals surface area contributed by atoms with Crippen molar-refractivity contribution >= 4 is 23.3 Å². The predicted molar refractivity (Wildman–Crippen MR) is 119 cm³/mol. The summed E-state index contributed by atoms with van der Waals surface area (Å²) in [4.78, 5) is 12.7. The highest BCUT2D eigenvalue weighted by Gasteiger charge is 2.47. The van der Waals surface area contributed by atoms with Crippen LogP contribution in [0.3, 0.4) is 0 Å². The lowest BCUT2D eigenvalue weighted by molar-refractivity contribution is -0.173. The number of amides is 1. The molecular weight excluding hydrogens is 457 g/mol. The Morgan fingerprint density at radius 3 is 2.48 bits per heavy atom. The molecular formula is C23H22ClF3N4O2. The molecule has 0 unspecified atom stereocenters. The number of aryl methyl sites for hydroxylation is 1. The number of nitrogens with one attached hydrogen (secondary N) is 2. The smallest absolute Gasteiger partial charge is 0.410 e. The number of anilines is 1. The number of hydrogen-bond acceptors (Lipinski definition) is 4. The van der Waals surface area contributed by atoms with E-state index in [0.29, 0.717) is 11.3 Å². The molecule has 0 radical (unpaired) electrons. The number of nitrogens with zero attached hydrogens (tertiary/aromatic N) is 2. The van der Waals surface area contributed by atoms with Crippen molar-refractivity contribution < 1.29 is 22.7 Å². The Morgan fingerprint density at radius 2 is 1.88 bits per heavy atom. The first-order chi connectivity index (χ1) is 15.7. The first-order valence-corrected chi connectivity index (χ1v) is 10.6. The van der Waals surface area contributed by atoms with Gasteiger partial charge in [0.15, 0.2) is 11.7 Å². The first kappa shape index (κ1) is 23.0. The predicted octanol–water partition coefficient (Wildman–Crippen LogP) is 5.44. The van der Waals surface area contributed by atoms with Gasteiger partial charge in [0, 0.05) is 13.0 Å². The Labute approximate surface area is 193 Å². The minimum absolute atomic E-state index is 0.0228. The molecule has 0 bridgehead atoms. The second-order valence-corrected chi connectivity index (χ2v) is 8.27. The van der Waals surface area contributed by atoms with E-state index in [9.17, 15) is 18.0 Å². The lowest BCUT2D eigenvalue weighted by Crippen LogP contribution is -2.35. The van der Waals surface area contributed by atoms with E-state index < -0.39 is 24.2 Å². The number of carbonyl (C=O) groups is 1. The molecule has 0 saturated carbocycles. The molecule has 33 heavy (non-hydrogen) atoms. The van der Waals surface area contributed by atoms with Crippen LogP contribution in [-0.2, 0) is 6.54 Å². The van der Waals surface area contributed by atoms with Gasteiger partial charge in [0.05, 0.1) is 13.2 Å². The third kappa shape index (κ3) is 4.78.